The maximum absolute atomic E-state index is 11.6. The van der Waals surface area contributed by atoms with Crippen molar-refractivity contribution in [2.24, 2.45) is 5.92 Å². The molecule has 0 saturated heterocycles. The van der Waals surface area contributed by atoms with E-state index in [1.54, 1.807) is 32.4 Å². The fraction of sp³-hybridized carbons (Fsp3) is 0.417. The van der Waals surface area contributed by atoms with Crippen LogP contribution in [0.5, 0.6) is 11.5 Å². The molecule has 1 aromatic rings. The van der Waals surface area contributed by atoms with Crippen molar-refractivity contribution in [3.8, 4) is 11.5 Å². The summed E-state index contributed by atoms with van der Waals surface area (Å²) in [6, 6.07) is 5.33. The number of amides is 1. The monoisotopic (exact) mass is 221 g/mol. The minimum absolute atomic E-state index is 0.0790. The second-order valence-electron chi connectivity index (χ2n) is 3.86. The number of ether oxygens (including phenoxy) is 2. The predicted octanol–water partition coefficient (Wildman–Crippen LogP) is 2.05. The molecule has 1 fully saturated rings. The minimum atomic E-state index is 0.0790. The van der Waals surface area contributed by atoms with Crippen molar-refractivity contribution in [1.82, 2.24) is 0 Å². The van der Waals surface area contributed by atoms with E-state index < -0.39 is 0 Å². The van der Waals surface area contributed by atoms with Gasteiger partial charge in [-0.05, 0) is 12.8 Å². The van der Waals surface area contributed by atoms with Crippen molar-refractivity contribution >= 4 is 11.6 Å². The Bertz CT molecular complexity index is 377. The van der Waals surface area contributed by atoms with Crippen LogP contribution >= 0.6 is 0 Å². The van der Waals surface area contributed by atoms with Gasteiger partial charge in [0.15, 0.2) is 0 Å². The van der Waals surface area contributed by atoms with Crippen LogP contribution in [0.3, 0.4) is 0 Å². The molecule has 0 heterocycles. The lowest BCUT2D eigenvalue weighted by atomic mass is 10.2. The van der Waals surface area contributed by atoms with Gasteiger partial charge in [-0.1, -0.05) is 0 Å². The topological polar surface area (TPSA) is 47.6 Å². The highest BCUT2D eigenvalue weighted by Gasteiger charge is 2.29. The summed E-state index contributed by atoms with van der Waals surface area (Å²) in [5.41, 5.74) is 0.716. The number of hydrogen-bond donors (Lipinski definition) is 1. The number of anilines is 1. The van der Waals surface area contributed by atoms with Crippen molar-refractivity contribution in [1.29, 1.82) is 0 Å². The third-order valence-corrected chi connectivity index (χ3v) is 2.57. The molecule has 1 aromatic carbocycles. The van der Waals surface area contributed by atoms with Gasteiger partial charge in [0, 0.05) is 29.8 Å². The molecule has 0 bridgehead atoms. The second-order valence-corrected chi connectivity index (χ2v) is 3.86. The molecule has 0 atom stereocenters. The van der Waals surface area contributed by atoms with E-state index in [4.69, 9.17) is 9.47 Å². The molecule has 0 aromatic heterocycles. The molecule has 1 aliphatic carbocycles. The Kier molecular flexibility index (Phi) is 2.99. The number of methoxy groups -OCH3 is 2. The van der Waals surface area contributed by atoms with Crippen LogP contribution in [-0.2, 0) is 4.79 Å². The molecule has 1 amide bonds. The summed E-state index contributed by atoms with van der Waals surface area (Å²) in [4.78, 5) is 11.6. The molecule has 4 heteroatoms. The normalized spacial score (nSPS) is 14.4. The molecule has 0 aliphatic heterocycles. The van der Waals surface area contributed by atoms with E-state index >= 15 is 0 Å². The molecule has 1 N–H and O–H groups in total. The first-order valence-electron chi connectivity index (χ1n) is 5.27. The van der Waals surface area contributed by atoms with Crippen LogP contribution in [0.4, 0.5) is 5.69 Å². The molecular weight excluding hydrogens is 206 g/mol. The molecule has 1 aliphatic rings. The minimum Gasteiger partial charge on any atom is -0.497 e. The zero-order valence-corrected chi connectivity index (χ0v) is 9.45. The van der Waals surface area contributed by atoms with Gasteiger partial charge in [0.2, 0.25) is 5.91 Å². The van der Waals surface area contributed by atoms with Gasteiger partial charge in [0.1, 0.15) is 11.5 Å². The van der Waals surface area contributed by atoms with Crippen LogP contribution in [0.25, 0.3) is 0 Å². The highest BCUT2D eigenvalue weighted by Crippen LogP contribution is 2.31. The zero-order chi connectivity index (χ0) is 11.5. The summed E-state index contributed by atoms with van der Waals surface area (Å²) in [6.07, 6.45) is 1.99. The zero-order valence-electron chi connectivity index (χ0n) is 9.45. The van der Waals surface area contributed by atoms with Gasteiger partial charge in [-0.25, -0.2) is 0 Å². The van der Waals surface area contributed by atoms with Gasteiger partial charge < -0.3 is 14.8 Å². The average molecular weight is 221 g/mol. The van der Waals surface area contributed by atoms with E-state index in [0.29, 0.717) is 17.2 Å². The van der Waals surface area contributed by atoms with Crippen LogP contribution in [0, 0.1) is 5.92 Å². The fourth-order valence-corrected chi connectivity index (χ4v) is 1.47. The number of hydrogen-bond acceptors (Lipinski definition) is 3. The van der Waals surface area contributed by atoms with Crippen molar-refractivity contribution < 1.29 is 14.3 Å². The summed E-state index contributed by atoms with van der Waals surface area (Å²) in [5, 5.41) is 2.85. The van der Waals surface area contributed by atoms with E-state index in [-0.39, 0.29) is 11.8 Å². The van der Waals surface area contributed by atoms with E-state index in [9.17, 15) is 4.79 Å². The van der Waals surface area contributed by atoms with E-state index in [0.717, 1.165) is 12.8 Å². The van der Waals surface area contributed by atoms with Crippen LogP contribution in [0.1, 0.15) is 12.8 Å². The first kappa shape index (κ1) is 10.8. The fourth-order valence-electron chi connectivity index (χ4n) is 1.47. The Morgan fingerprint density at radius 3 is 2.19 bits per heavy atom. The summed E-state index contributed by atoms with van der Waals surface area (Å²) >= 11 is 0. The maximum Gasteiger partial charge on any atom is 0.227 e. The lowest BCUT2D eigenvalue weighted by Gasteiger charge is -2.09. The molecule has 86 valence electrons. The van der Waals surface area contributed by atoms with E-state index in [1.807, 2.05) is 0 Å². The quantitative estimate of drug-likeness (QED) is 0.846. The predicted molar refractivity (Wildman–Crippen MR) is 60.9 cm³/mol. The molecule has 16 heavy (non-hydrogen) atoms. The summed E-state index contributed by atoms with van der Waals surface area (Å²) in [6.45, 7) is 0. The summed E-state index contributed by atoms with van der Waals surface area (Å²) < 4.78 is 10.2. The Morgan fingerprint density at radius 1 is 1.19 bits per heavy atom. The lowest BCUT2D eigenvalue weighted by Crippen LogP contribution is -2.13. The van der Waals surface area contributed by atoms with Crippen molar-refractivity contribution in [3.05, 3.63) is 18.2 Å². The van der Waals surface area contributed by atoms with E-state index in [2.05, 4.69) is 5.32 Å². The molecule has 0 spiro atoms. The number of benzene rings is 1. The van der Waals surface area contributed by atoms with Crippen LogP contribution in [0.2, 0.25) is 0 Å². The average Bonchev–Trinajstić information content (AvgIpc) is 3.12. The Balaban J connectivity index is 2.14. The molecule has 4 nitrogen and oxygen atoms in total. The van der Waals surface area contributed by atoms with Crippen LogP contribution in [-0.4, -0.2) is 20.1 Å². The van der Waals surface area contributed by atoms with Crippen LogP contribution < -0.4 is 14.8 Å². The van der Waals surface area contributed by atoms with Gasteiger partial charge in [0.25, 0.3) is 0 Å². The SMILES string of the molecule is COc1cc(NC(=O)C2CC2)cc(OC)c1. The second kappa shape index (κ2) is 4.43. The first-order valence-corrected chi connectivity index (χ1v) is 5.27. The largest absolute Gasteiger partial charge is 0.497 e. The Hall–Kier alpha value is -1.71. The number of carbonyl (C=O) groups is 1. The molecule has 0 radical (unpaired) electrons. The maximum atomic E-state index is 11.6. The molecular formula is C12H15NO3. The number of nitrogens with one attached hydrogen (secondary N) is 1. The van der Waals surface area contributed by atoms with Crippen molar-refractivity contribution in [2.75, 3.05) is 19.5 Å². The third kappa shape index (κ3) is 2.45. The van der Waals surface area contributed by atoms with Gasteiger partial charge in [-0.2, -0.15) is 0 Å². The molecule has 0 unspecified atom stereocenters. The summed E-state index contributed by atoms with van der Waals surface area (Å²) in [7, 11) is 3.17. The third-order valence-electron chi connectivity index (χ3n) is 2.57. The first-order chi connectivity index (χ1) is 7.72. The highest BCUT2D eigenvalue weighted by molar-refractivity contribution is 5.94. The molecule has 2 rings (SSSR count). The highest BCUT2D eigenvalue weighted by atomic mass is 16.5. The van der Waals surface area contributed by atoms with Gasteiger partial charge in [0.05, 0.1) is 14.2 Å². The smallest absolute Gasteiger partial charge is 0.227 e. The summed E-state index contributed by atoms with van der Waals surface area (Å²) in [5.74, 6) is 1.61. The number of carbonyl (C=O) groups excluding carboxylic acids is 1. The van der Waals surface area contributed by atoms with Gasteiger partial charge in [-0.3, -0.25) is 4.79 Å². The van der Waals surface area contributed by atoms with Crippen molar-refractivity contribution in [3.63, 3.8) is 0 Å². The van der Waals surface area contributed by atoms with Crippen molar-refractivity contribution in [2.45, 2.75) is 12.8 Å². The standard InChI is InChI=1S/C12H15NO3/c1-15-10-5-9(6-11(7-10)16-2)13-12(14)8-3-4-8/h5-8H,3-4H2,1-2H3,(H,13,14). The van der Waals surface area contributed by atoms with E-state index in [1.165, 1.54) is 0 Å². The van der Waals surface area contributed by atoms with Crippen LogP contribution in [0.15, 0.2) is 18.2 Å². The van der Waals surface area contributed by atoms with Gasteiger partial charge >= 0.3 is 0 Å². The Morgan fingerprint density at radius 2 is 1.75 bits per heavy atom. The number of rotatable bonds is 4. The molecule has 1 saturated carbocycles. The Labute approximate surface area is 94.6 Å². The van der Waals surface area contributed by atoms with Gasteiger partial charge in [-0.15, -0.1) is 0 Å². The lowest BCUT2D eigenvalue weighted by molar-refractivity contribution is -0.117.